The van der Waals surface area contributed by atoms with Crippen molar-refractivity contribution in [1.82, 2.24) is 0 Å². The van der Waals surface area contributed by atoms with E-state index in [0.717, 1.165) is 44.9 Å². The fourth-order valence-corrected chi connectivity index (χ4v) is 15.5. The monoisotopic (exact) mass is 1060 g/mol. The summed E-state index contributed by atoms with van der Waals surface area (Å²) in [4.78, 5) is 68.6. The van der Waals surface area contributed by atoms with Crippen molar-refractivity contribution in [2.75, 3.05) is 13.2 Å². The molecule has 4 saturated carbocycles. The highest BCUT2D eigenvalue weighted by molar-refractivity contribution is 5.92. The van der Waals surface area contributed by atoms with Gasteiger partial charge in [-0.15, -0.1) is 0 Å². The van der Waals surface area contributed by atoms with Gasteiger partial charge in [-0.1, -0.05) is 117 Å². The molecule has 0 amide bonds. The van der Waals surface area contributed by atoms with Gasteiger partial charge in [-0.05, 0) is 146 Å². The highest BCUT2D eigenvalue weighted by atomic mass is 16.7. The number of benzene rings is 3. The Hall–Kier alpha value is -4.75. The molecule has 0 N–H and O–H groups in total. The van der Waals surface area contributed by atoms with E-state index in [-0.39, 0.29) is 108 Å². The van der Waals surface area contributed by atoms with E-state index in [4.69, 9.17) is 33.2 Å². The first kappa shape index (κ1) is 57.0. The van der Waals surface area contributed by atoms with Crippen LogP contribution in [0.1, 0.15) is 164 Å². The van der Waals surface area contributed by atoms with E-state index in [2.05, 4.69) is 34.6 Å². The molecule has 2 saturated heterocycles. The van der Waals surface area contributed by atoms with Crippen LogP contribution in [0.2, 0.25) is 0 Å². The van der Waals surface area contributed by atoms with Gasteiger partial charge in [-0.2, -0.15) is 0 Å². The van der Waals surface area contributed by atoms with E-state index in [1.807, 2.05) is 58.0 Å². The molecule has 6 aliphatic rings. The summed E-state index contributed by atoms with van der Waals surface area (Å²) in [6.07, 6.45) is 5.57. The Kier molecular flexibility index (Phi) is 18.0. The average molecular weight is 1060 g/mol. The molecule has 12 heteroatoms. The maximum Gasteiger partial charge on any atom is 0.338 e. The highest BCUT2D eigenvalue weighted by Crippen LogP contribution is 2.68. The fraction of sp³-hybridized carbons (Fsp3) is 0.646. The minimum absolute atomic E-state index is 0.0704. The quantitative estimate of drug-likeness (QED) is 0.0678. The van der Waals surface area contributed by atoms with Crippen LogP contribution in [-0.2, 0) is 42.7 Å². The molecule has 9 rings (SSSR count). The Morgan fingerprint density at radius 2 is 1.23 bits per heavy atom. The van der Waals surface area contributed by atoms with Crippen molar-refractivity contribution in [2.45, 2.75) is 176 Å². The molecule has 0 bridgehead atoms. The molecule has 12 unspecified atom stereocenters. The number of fused-ring (bicyclic) bond motifs is 5. The number of ketones is 2. The lowest BCUT2D eigenvalue weighted by molar-refractivity contribution is -0.284. The van der Waals surface area contributed by atoms with E-state index >= 15 is 0 Å². The number of carbonyl (C=O) groups excluding carboxylic acids is 5. The van der Waals surface area contributed by atoms with Crippen LogP contribution in [0.4, 0.5) is 0 Å². The van der Waals surface area contributed by atoms with Gasteiger partial charge in [0.05, 0.1) is 41.6 Å². The van der Waals surface area contributed by atoms with Crippen molar-refractivity contribution < 1.29 is 57.1 Å². The summed E-state index contributed by atoms with van der Waals surface area (Å²) in [6.45, 7) is 19.9. The van der Waals surface area contributed by atoms with E-state index in [0.29, 0.717) is 66.0 Å². The Bertz CT molecular complexity index is 2500. The van der Waals surface area contributed by atoms with Crippen molar-refractivity contribution in [3.8, 4) is 0 Å². The van der Waals surface area contributed by atoms with Crippen molar-refractivity contribution in [3.05, 3.63) is 108 Å². The molecular weight excluding hydrogens is 973 g/mol. The molecule has 4 aliphatic carbocycles. The third kappa shape index (κ3) is 11.9. The van der Waals surface area contributed by atoms with Crippen molar-refractivity contribution in [3.63, 3.8) is 0 Å². The van der Waals surface area contributed by atoms with Crippen LogP contribution in [0.15, 0.2) is 91.0 Å². The Morgan fingerprint density at radius 3 is 1.86 bits per heavy atom. The van der Waals surface area contributed by atoms with Gasteiger partial charge in [0, 0.05) is 36.5 Å². The van der Waals surface area contributed by atoms with Crippen molar-refractivity contribution >= 4 is 29.5 Å². The summed E-state index contributed by atoms with van der Waals surface area (Å²) >= 11 is 0. The third-order valence-electron chi connectivity index (χ3n) is 20.6. The first-order valence-corrected chi connectivity index (χ1v) is 29.3. The minimum Gasteiger partial charge on any atom is -0.459 e. The number of ether oxygens (including phenoxy) is 7. The van der Waals surface area contributed by atoms with Gasteiger partial charge in [0.15, 0.2) is 18.7 Å². The fourth-order valence-electron chi connectivity index (χ4n) is 15.5. The molecule has 3 aromatic carbocycles. The van der Waals surface area contributed by atoms with Gasteiger partial charge >= 0.3 is 17.9 Å². The average Bonchev–Trinajstić information content (AvgIpc) is 3.83. The number of carbonyl (C=O) groups is 5. The summed E-state index contributed by atoms with van der Waals surface area (Å²) in [5.74, 6) is 0.395. The number of hydrogen-bond donors (Lipinski definition) is 0. The molecule has 0 spiro atoms. The standard InChI is InChI=1S/C65H86O12/c1-10-54-43(7)57(76-60(69)45-22-16-12-17-23-45)58(77-61(70)46-24-18-13-19-25-46)63(74-54)72-36-38(2)26-29-52(66)42(6)56-53(67)35-51-49-28-27-47-34-48(30-32-64(47,8)50(49)31-33-65(51,56)9)73-62-41(5)39(3)40(4)55(75-62)37-71-59(68)44-20-14-11-15-21-44/h11-25,38-43,47-51,54-58,62-63H,10,26-37H2,1-9H3/t38-,39-,40+,41?,42+,43-,47?,48?,49?,50?,51?,54?,55?,56?,57-,58?,62+,63+,64?,65?/m0/s1. The van der Waals surface area contributed by atoms with Crippen molar-refractivity contribution in [2.24, 2.45) is 75.9 Å². The summed E-state index contributed by atoms with van der Waals surface area (Å²) in [5.41, 5.74) is 1.22. The SMILES string of the molecule is CCC1O[C@@H](OC[C@@H](C)CCC(=O)[C@@H](C)C2C(=O)CC3C4CCC5CC(O[C@@H]6OC(COC(=O)c7ccccc7)[C@H](C)[C@H](C)C6C)CCC5(C)C4CCC32C)C(OC(=O)c2ccccc2)[C@@H](OC(=O)c2ccccc2)[C@H]1C. The predicted molar refractivity (Wildman–Crippen MR) is 291 cm³/mol. The molecule has 77 heavy (non-hydrogen) atoms. The summed E-state index contributed by atoms with van der Waals surface area (Å²) in [6, 6.07) is 26.5. The lowest BCUT2D eigenvalue weighted by atomic mass is 9.44. The molecule has 20 atom stereocenters. The maximum atomic E-state index is 14.3. The van der Waals surface area contributed by atoms with Gasteiger partial charge in [0.1, 0.15) is 24.3 Å². The van der Waals surface area contributed by atoms with Crippen LogP contribution in [0.25, 0.3) is 0 Å². The van der Waals surface area contributed by atoms with Crippen LogP contribution in [0.5, 0.6) is 0 Å². The molecule has 0 aromatic heterocycles. The third-order valence-corrected chi connectivity index (χ3v) is 20.6. The zero-order valence-electron chi connectivity index (χ0n) is 47.1. The second kappa shape index (κ2) is 24.3. The van der Waals surface area contributed by atoms with E-state index in [1.165, 1.54) is 0 Å². The summed E-state index contributed by atoms with van der Waals surface area (Å²) < 4.78 is 44.7. The minimum atomic E-state index is -1.06. The summed E-state index contributed by atoms with van der Waals surface area (Å²) in [7, 11) is 0. The summed E-state index contributed by atoms with van der Waals surface area (Å²) in [5, 5.41) is 0. The molecule has 3 aromatic rings. The van der Waals surface area contributed by atoms with Gasteiger partial charge in [-0.25, -0.2) is 14.4 Å². The lowest BCUT2D eigenvalue weighted by Gasteiger charge is -2.61. The number of esters is 3. The Labute approximate surface area is 457 Å². The number of rotatable bonds is 18. The maximum absolute atomic E-state index is 14.3. The van der Waals surface area contributed by atoms with E-state index in [1.54, 1.807) is 60.7 Å². The van der Waals surface area contributed by atoms with Gasteiger partial charge in [0.2, 0.25) is 0 Å². The topological polar surface area (TPSA) is 150 Å². The lowest BCUT2D eigenvalue weighted by Crippen LogP contribution is -2.57. The van der Waals surface area contributed by atoms with Crippen LogP contribution in [-0.4, -0.2) is 85.8 Å². The molecule has 6 fully saturated rings. The highest BCUT2D eigenvalue weighted by Gasteiger charge is 2.64. The largest absolute Gasteiger partial charge is 0.459 e. The Balaban J connectivity index is 0.786. The molecule has 2 heterocycles. The number of hydrogen-bond acceptors (Lipinski definition) is 12. The first-order chi connectivity index (χ1) is 36.9. The Morgan fingerprint density at radius 1 is 0.649 bits per heavy atom. The second-order valence-electron chi connectivity index (χ2n) is 25.0. The van der Waals surface area contributed by atoms with Crippen LogP contribution in [0, 0.1) is 75.9 Å². The van der Waals surface area contributed by atoms with E-state index < -0.39 is 30.4 Å². The first-order valence-electron chi connectivity index (χ1n) is 29.3. The molecule has 2 aliphatic heterocycles. The predicted octanol–water partition coefficient (Wildman–Crippen LogP) is 12.6. The van der Waals surface area contributed by atoms with Gasteiger partial charge in [0.25, 0.3) is 0 Å². The van der Waals surface area contributed by atoms with Crippen LogP contribution >= 0.6 is 0 Å². The zero-order valence-corrected chi connectivity index (χ0v) is 47.1. The smallest absolute Gasteiger partial charge is 0.338 e. The molecule has 418 valence electrons. The normalized spacial score (nSPS) is 37.5. The van der Waals surface area contributed by atoms with Crippen molar-refractivity contribution in [1.29, 1.82) is 0 Å². The van der Waals surface area contributed by atoms with Crippen LogP contribution in [0.3, 0.4) is 0 Å². The molecule has 0 radical (unpaired) electrons. The second-order valence-corrected chi connectivity index (χ2v) is 25.0. The zero-order chi connectivity index (χ0) is 54.8. The van der Waals surface area contributed by atoms with Gasteiger partial charge in [-0.3, -0.25) is 9.59 Å². The van der Waals surface area contributed by atoms with Gasteiger partial charge < -0.3 is 33.2 Å². The molecule has 12 nitrogen and oxygen atoms in total. The van der Waals surface area contributed by atoms with E-state index in [9.17, 15) is 24.0 Å². The number of Topliss-reactive ketones (excluding diaryl/α,β-unsaturated/α-hetero) is 2. The molecular formula is C65H86O12. The van der Waals surface area contributed by atoms with Crippen LogP contribution < -0.4 is 0 Å².